The fraction of sp³-hybridized carbons (Fsp3) is 0.464. The Morgan fingerprint density at radius 1 is 1.10 bits per heavy atom. The van der Waals surface area contributed by atoms with Crippen molar-refractivity contribution in [3.63, 3.8) is 0 Å². The summed E-state index contributed by atoms with van der Waals surface area (Å²) in [4.78, 5) is 38.7. The van der Waals surface area contributed by atoms with Crippen LogP contribution in [0.3, 0.4) is 0 Å². The van der Waals surface area contributed by atoms with Crippen LogP contribution >= 0.6 is 0 Å². The van der Waals surface area contributed by atoms with E-state index in [0.717, 1.165) is 48.4 Å². The molecule has 3 aliphatic rings. The minimum absolute atomic E-state index is 0.0275. The molecule has 2 aliphatic carbocycles. The first-order chi connectivity index (χ1) is 19.6. The number of carbonyl (C=O) groups is 3. The summed E-state index contributed by atoms with van der Waals surface area (Å²) in [6.07, 6.45) is -5.66. The molecule has 1 unspecified atom stereocenters. The van der Waals surface area contributed by atoms with Crippen molar-refractivity contribution in [3.05, 3.63) is 65.0 Å². The lowest BCUT2D eigenvalue weighted by Gasteiger charge is -2.43. The minimum Gasteiger partial charge on any atom is -0.469 e. The number of alkyl halides is 4. The Labute approximate surface area is 238 Å². The van der Waals surface area contributed by atoms with Crippen LogP contribution in [-0.2, 0) is 41.0 Å². The van der Waals surface area contributed by atoms with Crippen LogP contribution in [-0.4, -0.2) is 56.6 Å². The van der Waals surface area contributed by atoms with Crippen LogP contribution in [0.4, 0.5) is 26.7 Å². The van der Waals surface area contributed by atoms with Gasteiger partial charge in [-0.2, -0.15) is 13.2 Å². The van der Waals surface area contributed by atoms with Gasteiger partial charge in [0, 0.05) is 12.0 Å². The van der Waals surface area contributed by atoms with Crippen molar-refractivity contribution in [2.45, 2.75) is 72.6 Å². The van der Waals surface area contributed by atoms with E-state index in [1.165, 1.54) is 6.07 Å². The molecule has 8 nitrogen and oxygen atoms in total. The Morgan fingerprint density at radius 2 is 1.76 bits per heavy atom. The van der Waals surface area contributed by atoms with Crippen molar-refractivity contribution >= 4 is 27.7 Å². The number of imide groups is 1. The standard InChI is InChI=1S/C28H27F5N2O6S/c1-26(30,28(31,32)33)16-4-10-19-15(13-16)3-9-20-22(35-24(37)21(34-25(35)38)14-23(36)41-2)11-12-27(19,20)42(39,40)18-7-5-17(29)6-8-18/h4-8,10,13,20-22H,3,9,11-12,14H2,1-2H3,(H,34,38)/t20-,21+,22+,26?,27+/m0/s1. The number of urea groups is 1. The number of sulfone groups is 1. The molecule has 5 atom stereocenters. The summed E-state index contributed by atoms with van der Waals surface area (Å²) in [6, 6.07) is 4.22. The highest BCUT2D eigenvalue weighted by Crippen LogP contribution is 2.59. The number of esters is 1. The van der Waals surface area contributed by atoms with Crippen LogP contribution in [0, 0.1) is 11.7 Å². The summed E-state index contributed by atoms with van der Waals surface area (Å²) in [6.45, 7) is 0.388. The predicted octanol–water partition coefficient (Wildman–Crippen LogP) is 4.45. The third-order valence-corrected chi connectivity index (χ3v) is 11.4. The summed E-state index contributed by atoms with van der Waals surface area (Å²) in [5, 5.41) is 2.44. The van der Waals surface area contributed by atoms with Gasteiger partial charge in [0.15, 0.2) is 9.84 Å². The Balaban J connectivity index is 1.64. The Hall–Kier alpha value is -3.55. The van der Waals surface area contributed by atoms with Crippen LogP contribution < -0.4 is 5.32 Å². The van der Waals surface area contributed by atoms with Gasteiger partial charge < -0.3 is 10.1 Å². The van der Waals surface area contributed by atoms with Gasteiger partial charge >= 0.3 is 18.2 Å². The number of fused-ring (bicyclic) bond motifs is 3. The van der Waals surface area contributed by atoms with Gasteiger partial charge in [0.2, 0.25) is 5.67 Å². The summed E-state index contributed by atoms with van der Waals surface area (Å²) >= 11 is 0. The molecule has 3 amide bonds. The number of aryl methyl sites for hydroxylation is 1. The van der Waals surface area contributed by atoms with E-state index in [0.29, 0.717) is 6.92 Å². The number of amides is 3. The molecule has 1 aliphatic heterocycles. The third-order valence-electron chi connectivity index (χ3n) is 8.82. The summed E-state index contributed by atoms with van der Waals surface area (Å²) < 4.78 is 101. The largest absolute Gasteiger partial charge is 0.469 e. The molecule has 5 rings (SSSR count). The third kappa shape index (κ3) is 4.36. The molecule has 2 aromatic carbocycles. The second kappa shape index (κ2) is 10.0. The number of ether oxygens (including phenoxy) is 1. The molecule has 226 valence electrons. The van der Waals surface area contributed by atoms with Crippen LogP contribution in [0.5, 0.6) is 0 Å². The number of benzene rings is 2. The molecule has 0 aromatic heterocycles. The van der Waals surface area contributed by atoms with Gasteiger partial charge in [-0.3, -0.25) is 14.5 Å². The van der Waals surface area contributed by atoms with E-state index in [1.807, 2.05) is 0 Å². The second-order valence-electron chi connectivity index (χ2n) is 11.0. The monoisotopic (exact) mass is 614 g/mol. The maximum atomic E-state index is 14.9. The van der Waals surface area contributed by atoms with Crippen molar-refractivity contribution in [1.29, 1.82) is 0 Å². The van der Waals surface area contributed by atoms with Crippen molar-refractivity contribution < 1.29 is 49.5 Å². The minimum atomic E-state index is -5.22. The Morgan fingerprint density at radius 3 is 2.38 bits per heavy atom. The van der Waals surface area contributed by atoms with Crippen molar-refractivity contribution in [3.8, 4) is 0 Å². The van der Waals surface area contributed by atoms with Crippen LogP contribution in [0.25, 0.3) is 0 Å². The average Bonchev–Trinajstić information content (AvgIpc) is 3.45. The number of hydrogen-bond donors (Lipinski definition) is 1. The normalized spacial score (nSPS) is 27.2. The van der Waals surface area contributed by atoms with E-state index in [9.17, 15) is 44.8 Å². The molecule has 1 saturated carbocycles. The number of hydrogen-bond acceptors (Lipinski definition) is 6. The zero-order chi connectivity index (χ0) is 30.8. The molecule has 0 spiro atoms. The van der Waals surface area contributed by atoms with Gasteiger partial charge in [-0.15, -0.1) is 0 Å². The lowest BCUT2D eigenvalue weighted by Crippen LogP contribution is -2.51. The van der Waals surface area contributed by atoms with Gasteiger partial charge in [0.1, 0.15) is 16.6 Å². The van der Waals surface area contributed by atoms with E-state index in [4.69, 9.17) is 0 Å². The van der Waals surface area contributed by atoms with Gasteiger partial charge in [-0.25, -0.2) is 22.0 Å². The molecular formula is C28H27F5N2O6S. The quantitative estimate of drug-likeness (QED) is 0.223. The van der Waals surface area contributed by atoms with Crippen LogP contribution in [0.2, 0.25) is 0 Å². The second-order valence-corrected chi connectivity index (χ2v) is 13.2. The molecule has 42 heavy (non-hydrogen) atoms. The molecule has 1 heterocycles. The van der Waals surface area contributed by atoms with Crippen LogP contribution in [0.15, 0.2) is 47.4 Å². The number of nitrogens with one attached hydrogen (secondary N) is 1. The SMILES string of the molecule is COC(=O)C[C@H]1NC(=O)N([C@@H]2CC[C@@]3(S(=O)(=O)c4ccc(F)cc4)c4ccc(C(C)(F)C(F)(F)F)cc4CC[C@@H]23)C1=O. The van der Waals surface area contributed by atoms with Gasteiger partial charge in [-0.05, 0) is 73.6 Å². The molecular weight excluding hydrogens is 587 g/mol. The Kier molecular flexibility index (Phi) is 7.14. The first-order valence-corrected chi connectivity index (χ1v) is 14.6. The first-order valence-electron chi connectivity index (χ1n) is 13.2. The number of rotatable bonds is 6. The summed E-state index contributed by atoms with van der Waals surface area (Å²) in [5.74, 6) is -3.07. The topological polar surface area (TPSA) is 110 Å². The lowest BCUT2D eigenvalue weighted by molar-refractivity contribution is -0.228. The number of methoxy groups -OCH3 is 1. The fourth-order valence-electron chi connectivity index (χ4n) is 6.66. The maximum Gasteiger partial charge on any atom is 0.426 e. The number of halogens is 5. The van der Waals surface area contributed by atoms with Crippen molar-refractivity contribution in [2.24, 2.45) is 5.92 Å². The number of nitrogens with zero attached hydrogens (tertiary/aromatic N) is 1. The summed E-state index contributed by atoms with van der Waals surface area (Å²) in [7, 11) is -3.30. The van der Waals surface area contributed by atoms with Crippen molar-refractivity contribution in [2.75, 3.05) is 7.11 Å². The predicted molar refractivity (Wildman–Crippen MR) is 137 cm³/mol. The van der Waals surface area contributed by atoms with E-state index in [1.54, 1.807) is 0 Å². The average molecular weight is 615 g/mol. The van der Waals surface area contributed by atoms with Gasteiger partial charge in [-0.1, -0.05) is 18.2 Å². The zero-order valence-corrected chi connectivity index (χ0v) is 23.3. The lowest BCUT2D eigenvalue weighted by atomic mass is 9.73. The molecule has 0 radical (unpaired) electrons. The molecule has 0 bridgehead atoms. The smallest absolute Gasteiger partial charge is 0.426 e. The number of carbonyl (C=O) groups excluding carboxylic acids is 3. The Bertz CT molecular complexity index is 1560. The molecule has 1 saturated heterocycles. The van der Waals surface area contributed by atoms with E-state index < -0.39 is 80.1 Å². The van der Waals surface area contributed by atoms with Gasteiger partial charge in [0.05, 0.1) is 18.4 Å². The molecule has 1 N–H and O–H groups in total. The highest BCUT2D eigenvalue weighted by molar-refractivity contribution is 7.92. The van der Waals surface area contributed by atoms with E-state index >= 15 is 0 Å². The molecule has 2 fully saturated rings. The van der Waals surface area contributed by atoms with E-state index in [-0.39, 0.29) is 41.7 Å². The maximum absolute atomic E-state index is 14.9. The highest BCUT2D eigenvalue weighted by Gasteiger charge is 2.63. The molecule has 2 aromatic rings. The highest BCUT2D eigenvalue weighted by atomic mass is 32.2. The first kappa shape index (κ1) is 29.9. The zero-order valence-electron chi connectivity index (χ0n) is 22.5. The fourth-order valence-corrected chi connectivity index (χ4v) is 9.13. The van der Waals surface area contributed by atoms with Crippen LogP contribution in [0.1, 0.15) is 49.3 Å². The summed E-state index contributed by atoms with van der Waals surface area (Å²) in [5.41, 5.74) is -4.04. The van der Waals surface area contributed by atoms with Crippen molar-refractivity contribution in [1.82, 2.24) is 10.2 Å². The van der Waals surface area contributed by atoms with E-state index in [2.05, 4.69) is 10.1 Å². The molecule has 14 heteroatoms. The van der Waals surface area contributed by atoms with Gasteiger partial charge in [0.25, 0.3) is 5.91 Å².